The highest BCUT2D eigenvalue weighted by Gasteiger charge is 2.40. The standard InChI is InChI=1S/C8H15NO/c1-7-2-8(4-9-5-8)6-10-3-7/h7,9H,2-6H2,1H3. The van der Waals surface area contributed by atoms with Crippen LogP contribution in [0.25, 0.3) is 0 Å². The molecule has 0 aromatic carbocycles. The van der Waals surface area contributed by atoms with Gasteiger partial charge in [0.2, 0.25) is 0 Å². The lowest BCUT2D eigenvalue weighted by molar-refractivity contribution is -0.0629. The first-order valence-corrected chi connectivity index (χ1v) is 4.09. The zero-order valence-electron chi connectivity index (χ0n) is 6.52. The fourth-order valence-electron chi connectivity index (χ4n) is 2.06. The largest absolute Gasteiger partial charge is 0.380 e. The summed E-state index contributed by atoms with van der Waals surface area (Å²) in [5.74, 6) is 0.774. The molecule has 2 rings (SSSR count). The second-order valence-electron chi connectivity index (χ2n) is 3.93. The molecule has 0 aromatic heterocycles. The van der Waals surface area contributed by atoms with Gasteiger partial charge in [-0.25, -0.2) is 0 Å². The van der Waals surface area contributed by atoms with Crippen LogP contribution in [0.2, 0.25) is 0 Å². The molecule has 2 heteroatoms. The summed E-state index contributed by atoms with van der Waals surface area (Å²) in [6.45, 7) is 6.60. The van der Waals surface area contributed by atoms with E-state index in [1.54, 1.807) is 0 Å². The SMILES string of the molecule is CC1COCC2(CNC2)C1. The van der Waals surface area contributed by atoms with E-state index in [1.807, 2.05) is 0 Å². The monoisotopic (exact) mass is 141 g/mol. The lowest BCUT2D eigenvalue weighted by Crippen LogP contribution is -2.58. The maximum atomic E-state index is 5.50. The highest BCUT2D eigenvalue weighted by Crippen LogP contribution is 2.34. The van der Waals surface area contributed by atoms with Crippen molar-refractivity contribution in [1.82, 2.24) is 5.32 Å². The van der Waals surface area contributed by atoms with E-state index in [2.05, 4.69) is 12.2 Å². The maximum Gasteiger partial charge on any atom is 0.0547 e. The van der Waals surface area contributed by atoms with E-state index in [0.29, 0.717) is 5.41 Å². The average Bonchev–Trinajstić information content (AvgIpc) is 1.85. The summed E-state index contributed by atoms with van der Waals surface area (Å²) in [6.07, 6.45) is 1.36. The quantitative estimate of drug-likeness (QED) is 0.534. The third-order valence-electron chi connectivity index (χ3n) is 2.59. The van der Waals surface area contributed by atoms with Crippen LogP contribution in [0.15, 0.2) is 0 Å². The predicted octanol–water partition coefficient (Wildman–Crippen LogP) is 0.632. The van der Waals surface area contributed by atoms with Gasteiger partial charge in [0.1, 0.15) is 0 Å². The first-order valence-electron chi connectivity index (χ1n) is 4.09. The van der Waals surface area contributed by atoms with Crippen LogP contribution in [0.5, 0.6) is 0 Å². The Bertz CT molecular complexity index is 131. The van der Waals surface area contributed by atoms with Crippen molar-refractivity contribution >= 4 is 0 Å². The second kappa shape index (κ2) is 2.21. The Hall–Kier alpha value is -0.0800. The molecule has 0 saturated carbocycles. The van der Waals surface area contributed by atoms with E-state index in [1.165, 1.54) is 19.5 Å². The van der Waals surface area contributed by atoms with Crippen molar-refractivity contribution in [3.63, 3.8) is 0 Å². The van der Waals surface area contributed by atoms with Gasteiger partial charge in [-0.15, -0.1) is 0 Å². The van der Waals surface area contributed by atoms with Gasteiger partial charge in [-0.2, -0.15) is 0 Å². The van der Waals surface area contributed by atoms with Gasteiger partial charge in [-0.1, -0.05) is 6.92 Å². The van der Waals surface area contributed by atoms with Crippen LogP contribution in [0.3, 0.4) is 0 Å². The third kappa shape index (κ3) is 0.956. The Morgan fingerprint density at radius 1 is 1.50 bits per heavy atom. The first-order chi connectivity index (χ1) is 4.81. The number of rotatable bonds is 0. The van der Waals surface area contributed by atoms with Crippen LogP contribution in [-0.4, -0.2) is 26.3 Å². The fourth-order valence-corrected chi connectivity index (χ4v) is 2.06. The molecule has 58 valence electrons. The van der Waals surface area contributed by atoms with Crippen molar-refractivity contribution in [2.45, 2.75) is 13.3 Å². The number of nitrogens with one attached hydrogen (secondary N) is 1. The lowest BCUT2D eigenvalue weighted by atomic mass is 9.74. The lowest BCUT2D eigenvalue weighted by Gasteiger charge is -2.47. The van der Waals surface area contributed by atoms with Gasteiger partial charge in [0.05, 0.1) is 6.61 Å². The van der Waals surface area contributed by atoms with E-state index in [-0.39, 0.29) is 0 Å². The van der Waals surface area contributed by atoms with Crippen LogP contribution < -0.4 is 5.32 Å². The first kappa shape index (κ1) is 6.62. The summed E-state index contributed by atoms with van der Waals surface area (Å²) < 4.78 is 5.50. The van der Waals surface area contributed by atoms with Crippen molar-refractivity contribution in [1.29, 1.82) is 0 Å². The van der Waals surface area contributed by atoms with Crippen molar-refractivity contribution in [2.24, 2.45) is 11.3 Å². The molecule has 0 aliphatic carbocycles. The van der Waals surface area contributed by atoms with Crippen molar-refractivity contribution < 1.29 is 4.74 Å². The molecule has 2 heterocycles. The molecule has 1 atom stereocenters. The van der Waals surface area contributed by atoms with Crippen LogP contribution in [0.4, 0.5) is 0 Å². The van der Waals surface area contributed by atoms with Gasteiger partial charge < -0.3 is 10.1 Å². The van der Waals surface area contributed by atoms with E-state index < -0.39 is 0 Å². The van der Waals surface area contributed by atoms with E-state index in [0.717, 1.165) is 19.1 Å². The van der Waals surface area contributed by atoms with Crippen LogP contribution in [-0.2, 0) is 4.74 Å². The van der Waals surface area contributed by atoms with Crippen LogP contribution >= 0.6 is 0 Å². The van der Waals surface area contributed by atoms with Gasteiger partial charge in [-0.3, -0.25) is 0 Å². The van der Waals surface area contributed by atoms with Gasteiger partial charge in [0.25, 0.3) is 0 Å². The molecule has 2 aliphatic heterocycles. The molecule has 1 N–H and O–H groups in total. The predicted molar refractivity (Wildman–Crippen MR) is 39.9 cm³/mol. The summed E-state index contributed by atoms with van der Waals surface area (Å²) >= 11 is 0. The normalized spacial score (nSPS) is 37.5. The van der Waals surface area contributed by atoms with E-state index in [9.17, 15) is 0 Å². The molecule has 0 aromatic rings. The fraction of sp³-hybridized carbons (Fsp3) is 1.00. The minimum atomic E-state index is 0.539. The Morgan fingerprint density at radius 2 is 2.30 bits per heavy atom. The molecule has 2 nitrogen and oxygen atoms in total. The molecule has 2 aliphatic rings. The Morgan fingerprint density at radius 3 is 2.70 bits per heavy atom. The summed E-state index contributed by atoms with van der Waals surface area (Å²) in [4.78, 5) is 0. The maximum absolute atomic E-state index is 5.50. The highest BCUT2D eigenvalue weighted by atomic mass is 16.5. The summed E-state index contributed by atoms with van der Waals surface area (Å²) in [6, 6.07) is 0. The van der Waals surface area contributed by atoms with Crippen molar-refractivity contribution in [3.05, 3.63) is 0 Å². The minimum Gasteiger partial charge on any atom is -0.380 e. The van der Waals surface area contributed by atoms with Gasteiger partial charge in [-0.05, 0) is 12.3 Å². The van der Waals surface area contributed by atoms with Crippen LogP contribution in [0.1, 0.15) is 13.3 Å². The molecule has 1 spiro atoms. The summed E-state index contributed by atoms with van der Waals surface area (Å²) in [5, 5.41) is 3.31. The molecule has 2 fully saturated rings. The van der Waals surface area contributed by atoms with Crippen molar-refractivity contribution in [2.75, 3.05) is 26.3 Å². The van der Waals surface area contributed by atoms with Crippen LogP contribution in [0, 0.1) is 11.3 Å². The number of hydrogen-bond acceptors (Lipinski definition) is 2. The topological polar surface area (TPSA) is 21.3 Å². The van der Waals surface area contributed by atoms with Gasteiger partial charge in [0, 0.05) is 25.1 Å². The van der Waals surface area contributed by atoms with Gasteiger partial charge >= 0.3 is 0 Å². The molecule has 0 bridgehead atoms. The second-order valence-corrected chi connectivity index (χ2v) is 3.93. The van der Waals surface area contributed by atoms with Gasteiger partial charge in [0.15, 0.2) is 0 Å². The molecular weight excluding hydrogens is 126 g/mol. The zero-order valence-corrected chi connectivity index (χ0v) is 6.52. The summed E-state index contributed by atoms with van der Waals surface area (Å²) in [7, 11) is 0. The number of hydrogen-bond donors (Lipinski definition) is 1. The molecule has 0 amide bonds. The van der Waals surface area contributed by atoms with Crippen molar-refractivity contribution in [3.8, 4) is 0 Å². The van der Waals surface area contributed by atoms with E-state index in [4.69, 9.17) is 4.74 Å². The van der Waals surface area contributed by atoms with E-state index >= 15 is 0 Å². The number of ether oxygens (including phenoxy) is 1. The Labute approximate surface area is 61.9 Å². The molecule has 1 unspecified atom stereocenters. The molecule has 0 radical (unpaired) electrons. The molecule has 10 heavy (non-hydrogen) atoms. The third-order valence-corrected chi connectivity index (χ3v) is 2.59. The molecular formula is C8H15NO. The molecule has 2 saturated heterocycles. The Balaban J connectivity index is 1.96. The average molecular weight is 141 g/mol. The Kier molecular flexibility index (Phi) is 1.46. The highest BCUT2D eigenvalue weighted by molar-refractivity contribution is 4.94. The summed E-state index contributed by atoms with van der Waals surface area (Å²) in [5.41, 5.74) is 0.539. The minimum absolute atomic E-state index is 0.539. The zero-order chi connectivity index (χ0) is 7.03. The smallest absolute Gasteiger partial charge is 0.0547 e.